The molecular weight excluding hydrogens is 212 g/mol. The van der Waals surface area contributed by atoms with Gasteiger partial charge in [0.15, 0.2) is 0 Å². The van der Waals surface area contributed by atoms with Gasteiger partial charge in [-0.25, -0.2) is 9.59 Å². The Hall–Kier alpha value is -1.46. The molecule has 1 rings (SSSR count). The second kappa shape index (κ2) is 6.19. The highest BCUT2D eigenvalue weighted by Crippen LogP contribution is 2.27. The van der Waals surface area contributed by atoms with Gasteiger partial charge in [0.05, 0.1) is 0 Å². The maximum atomic E-state index is 10.3. The molecule has 0 atom stereocenters. The minimum absolute atomic E-state index is 0.400. The minimum atomic E-state index is -0.977. The Balaban J connectivity index is 2.13. The van der Waals surface area contributed by atoms with Gasteiger partial charge in [0.2, 0.25) is 0 Å². The highest BCUT2D eigenvalue weighted by atomic mass is 16.4. The van der Waals surface area contributed by atoms with Gasteiger partial charge in [-0.1, -0.05) is 0 Å². The molecule has 0 aliphatic heterocycles. The molecule has 0 aromatic carbocycles. The summed E-state index contributed by atoms with van der Waals surface area (Å²) >= 11 is 0. The summed E-state index contributed by atoms with van der Waals surface area (Å²) < 4.78 is 0. The van der Waals surface area contributed by atoms with Gasteiger partial charge in [-0.15, -0.1) is 0 Å². The largest absolute Gasteiger partial charge is 0.465 e. The maximum Gasteiger partial charge on any atom is 0.404 e. The number of nitrogens with one attached hydrogen (secondary N) is 2. The zero-order valence-corrected chi connectivity index (χ0v) is 9.11. The Bertz CT molecular complexity index is 223. The minimum Gasteiger partial charge on any atom is -0.465 e. The van der Waals surface area contributed by atoms with Gasteiger partial charge >= 0.3 is 12.2 Å². The predicted octanol–water partition coefficient (Wildman–Crippen LogP) is 1.33. The normalized spacial score (nSPS) is 24.8. The van der Waals surface area contributed by atoms with E-state index in [0.29, 0.717) is 24.9 Å². The van der Waals surface area contributed by atoms with Crippen molar-refractivity contribution in [1.29, 1.82) is 0 Å². The fourth-order valence-corrected chi connectivity index (χ4v) is 2.10. The molecule has 0 aromatic heterocycles. The first-order chi connectivity index (χ1) is 7.58. The molecule has 0 radical (unpaired) electrons. The third-order valence-corrected chi connectivity index (χ3v) is 3.05. The number of rotatable bonds is 4. The number of carbonyl (C=O) groups is 2. The van der Waals surface area contributed by atoms with Crippen LogP contribution in [0.15, 0.2) is 0 Å². The third-order valence-electron chi connectivity index (χ3n) is 3.05. The molecule has 4 N–H and O–H groups in total. The molecule has 1 saturated carbocycles. The fraction of sp³-hybridized carbons (Fsp3) is 0.800. The van der Waals surface area contributed by atoms with Crippen molar-refractivity contribution in [2.24, 2.45) is 11.8 Å². The molecule has 0 bridgehead atoms. The van der Waals surface area contributed by atoms with Crippen LogP contribution in [0.4, 0.5) is 9.59 Å². The van der Waals surface area contributed by atoms with E-state index in [1.54, 1.807) is 0 Å². The van der Waals surface area contributed by atoms with E-state index in [1.807, 2.05) is 0 Å². The lowest BCUT2D eigenvalue weighted by molar-refractivity contribution is 0.182. The monoisotopic (exact) mass is 230 g/mol. The predicted molar refractivity (Wildman–Crippen MR) is 57.5 cm³/mol. The molecule has 0 saturated heterocycles. The summed E-state index contributed by atoms with van der Waals surface area (Å²) in [5.74, 6) is 0.800. The lowest BCUT2D eigenvalue weighted by atomic mass is 9.82. The van der Waals surface area contributed by atoms with Crippen molar-refractivity contribution in [3.05, 3.63) is 0 Å². The Kier molecular flexibility index (Phi) is 4.88. The van der Waals surface area contributed by atoms with Crippen molar-refractivity contribution in [3.63, 3.8) is 0 Å². The fourth-order valence-electron chi connectivity index (χ4n) is 2.10. The second-order valence-corrected chi connectivity index (χ2v) is 4.26. The highest BCUT2D eigenvalue weighted by molar-refractivity contribution is 5.64. The number of amides is 2. The van der Waals surface area contributed by atoms with Crippen molar-refractivity contribution >= 4 is 12.2 Å². The Morgan fingerprint density at radius 1 is 0.875 bits per heavy atom. The zero-order chi connectivity index (χ0) is 12.0. The highest BCUT2D eigenvalue weighted by Gasteiger charge is 2.21. The smallest absolute Gasteiger partial charge is 0.404 e. The Morgan fingerprint density at radius 3 is 1.44 bits per heavy atom. The van der Waals surface area contributed by atoms with Crippen LogP contribution in [-0.2, 0) is 0 Å². The van der Waals surface area contributed by atoms with Gasteiger partial charge in [0.25, 0.3) is 0 Å². The quantitative estimate of drug-likeness (QED) is 0.585. The summed E-state index contributed by atoms with van der Waals surface area (Å²) in [6, 6.07) is 0. The van der Waals surface area contributed by atoms with Crippen molar-refractivity contribution < 1.29 is 19.8 Å². The molecule has 0 heterocycles. The standard InChI is InChI=1S/C10H18N2O4/c13-9(14)11-5-7-1-2-8(4-3-7)6-12-10(15)16/h7-8,11-12H,1-6H2,(H,13,14)(H,15,16)/t7-,8-. The van der Waals surface area contributed by atoms with E-state index in [2.05, 4.69) is 10.6 Å². The van der Waals surface area contributed by atoms with E-state index in [-0.39, 0.29) is 0 Å². The SMILES string of the molecule is O=C(O)NC[C@H]1CC[C@H](CNC(=O)O)CC1. The second-order valence-electron chi connectivity index (χ2n) is 4.26. The molecule has 6 nitrogen and oxygen atoms in total. The van der Waals surface area contributed by atoms with Gasteiger partial charge in [-0.2, -0.15) is 0 Å². The van der Waals surface area contributed by atoms with Gasteiger partial charge < -0.3 is 20.8 Å². The average Bonchev–Trinajstić information content (AvgIpc) is 2.25. The summed E-state index contributed by atoms with van der Waals surface area (Å²) in [5.41, 5.74) is 0. The van der Waals surface area contributed by atoms with E-state index in [4.69, 9.17) is 10.2 Å². The molecular formula is C10H18N2O4. The zero-order valence-electron chi connectivity index (χ0n) is 9.11. The molecule has 0 aromatic rings. The number of hydrogen-bond acceptors (Lipinski definition) is 2. The van der Waals surface area contributed by atoms with E-state index in [9.17, 15) is 9.59 Å². The lowest BCUT2D eigenvalue weighted by Crippen LogP contribution is -2.33. The van der Waals surface area contributed by atoms with Crippen LogP contribution in [0.1, 0.15) is 25.7 Å². The van der Waals surface area contributed by atoms with Crippen LogP contribution < -0.4 is 10.6 Å². The Labute approximate surface area is 94.0 Å². The Morgan fingerprint density at radius 2 is 1.19 bits per heavy atom. The van der Waals surface area contributed by atoms with E-state index >= 15 is 0 Å². The van der Waals surface area contributed by atoms with Crippen molar-refractivity contribution in [2.75, 3.05) is 13.1 Å². The molecule has 1 aliphatic rings. The van der Waals surface area contributed by atoms with Crippen LogP contribution in [0.25, 0.3) is 0 Å². The molecule has 92 valence electrons. The third kappa shape index (κ3) is 4.86. The van der Waals surface area contributed by atoms with Crippen LogP contribution >= 0.6 is 0 Å². The van der Waals surface area contributed by atoms with Crippen molar-refractivity contribution in [2.45, 2.75) is 25.7 Å². The van der Waals surface area contributed by atoms with Crippen LogP contribution in [0.3, 0.4) is 0 Å². The van der Waals surface area contributed by atoms with Crippen molar-refractivity contribution in [3.8, 4) is 0 Å². The first kappa shape index (κ1) is 12.6. The van der Waals surface area contributed by atoms with Crippen molar-refractivity contribution in [1.82, 2.24) is 10.6 Å². The molecule has 6 heteroatoms. The maximum absolute atomic E-state index is 10.3. The van der Waals surface area contributed by atoms with Gasteiger partial charge in [-0.05, 0) is 37.5 Å². The number of hydrogen-bond donors (Lipinski definition) is 4. The lowest BCUT2D eigenvalue weighted by Gasteiger charge is -2.28. The summed E-state index contributed by atoms with van der Waals surface area (Å²) in [4.78, 5) is 20.6. The molecule has 16 heavy (non-hydrogen) atoms. The summed E-state index contributed by atoms with van der Waals surface area (Å²) in [6.07, 6.45) is 1.90. The molecule has 1 aliphatic carbocycles. The molecule has 0 spiro atoms. The van der Waals surface area contributed by atoms with E-state index < -0.39 is 12.2 Å². The van der Waals surface area contributed by atoms with Crippen LogP contribution in [0.2, 0.25) is 0 Å². The van der Waals surface area contributed by atoms with Gasteiger partial charge in [0, 0.05) is 13.1 Å². The summed E-state index contributed by atoms with van der Waals surface area (Å²) in [7, 11) is 0. The average molecular weight is 230 g/mol. The van der Waals surface area contributed by atoms with Crippen LogP contribution in [0.5, 0.6) is 0 Å². The molecule has 2 amide bonds. The molecule has 0 unspecified atom stereocenters. The summed E-state index contributed by atoms with van der Waals surface area (Å²) in [5, 5.41) is 21.7. The van der Waals surface area contributed by atoms with E-state index in [1.165, 1.54) is 0 Å². The van der Waals surface area contributed by atoms with E-state index in [0.717, 1.165) is 25.7 Å². The van der Waals surface area contributed by atoms with Gasteiger partial charge in [0.1, 0.15) is 0 Å². The summed E-state index contributed by atoms with van der Waals surface area (Å²) in [6.45, 7) is 1.02. The van der Waals surface area contributed by atoms with Crippen LogP contribution in [-0.4, -0.2) is 35.5 Å². The first-order valence-corrected chi connectivity index (χ1v) is 5.51. The number of carboxylic acid groups (broad SMARTS) is 2. The topological polar surface area (TPSA) is 98.7 Å². The van der Waals surface area contributed by atoms with Crippen LogP contribution in [0, 0.1) is 11.8 Å². The molecule has 1 fully saturated rings. The van der Waals surface area contributed by atoms with Gasteiger partial charge in [-0.3, -0.25) is 0 Å². The first-order valence-electron chi connectivity index (χ1n) is 5.51.